The van der Waals surface area contributed by atoms with Crippen LogP contribution < -0.4 is 0 Å². The smallest absolute Gasteiger partial charge is 0.135 e. The van der Waals surface area contributed by atoms with Crippen molar-refractivity contribution in [1.82, 2.24) is 0 Å². The van der Waals surface area contributed by atoms with E-state index in [-0.39, 0.29) is 5.75 Å². The van der Waals surface area contributed by atoms with Crippen LogP contribution in [0.25, 0.3) is 66.1 Å². The molecule has 2 heterocycles. The van der Waals surface area contributed by atoms with Crippen LogP contribution in [0.1, 0.15) is 0 Å². The molecule has 3 heteroatoms. The van der Waals surface area contributed by atoms with E-state index in [1.807, 2.05) is 66.7 Å². The first-order valence-electron chi connectivity index (χ1n) is 10.9. The van der Waals surface area contributed by atoms with E-state index in [0.717, 1.165) is 66.1 Å². The van der Waals surface area contributed by atoms with Crippen molar-refractivity contribution in [1.29, 1.82) is 0 Å². The molecule has 0 radical (unpaired) electrons. The second kappa shape index (κ2) is 6.75. The zero-order chi connectivity index (χ0) is 21.9. The predicted octanol–water partition coefficient (Wildman–Crippen LogP) is 8.53. The Bertz CT molecular complexity index is 1830. The lowest BCUT2D eigenvalue weighted by atomic mass is 9.96. The summed E-state index contributed by atoms with van der Waals surface area (Å²) in [5.41, 5.74) is 7.31. The summed E-state index contributed by atoms with van der Waals surface area (Å²) in [5, 5.41) is 15.0. The van der Waals surface area contributed by atoms with Crippen LogP contribution >= 0.6 is 0 Å². The van der Waals surface area contributed by atoms with Gasteiger partial charge < -0.3 is 13.9 Å². The van der Waals surface area contributed by atoms with E-state index in [4.69, 9.17) is 8.83 Å². The van der Waals surface area contributed by atoms with Crippen LogP contribution in [0.2, 0.25) is 0 Å². The molecule has 0 atom stereocenters. The quantitative estimate of drug-likeness (QED) is 0.301. The van der Waals surface area contributed by atoms with Gasteiger partial charge in [-0.1, -0.05) is 54.6 Å². The number of furan rings is 2. The summed E-state index contributed by atoms with van der Waals surface area (Å²) in [6.07, 6.45) is 0. The van der Waals surface area contributed by atoms with Crippen LogP contribution in [-0.2, 0) is 0 Å². The molecule has 3 nitrogen and oxygen atoms in total. The van der Waals surface area contributed by atoms with Gasteiger partial charge in [-0.15, -0.1) is 0 Å². The van der Waals surface area contributed by atoms with E-state index in [0.29, 0.717) is 0 Å². The summed E-state index contributed by atoms with van der Waals surface area (Å²) in [6.45, 7) is 0. The lowest BCUT2D eigenvalue weighted by Gasteiger charge is -2.09. The minimum absolute atomic E-state index is 0.251. The number of rotatable bonds is 2. The Morgan fingerprint density at radius 1 is 0.424 bits per heavy atom. The number of para-hydroxylation sites is 2. The van der Waals surface area contributed by atoms with Gasteiger partial charge in [0.05, 0.1) is 0 Å². The van der Waals surface area contributed by atoms with Crippen molar-refractivity contribution >= 4 is 43.9 Å². The standard InChI is InChI=1S/C30H18O3/c31-26-12-9-18(19-10-13-29-24(16-19)21-5-1-3-7-27(21)32-29)15-23(26)20-11-14-30-25(17-20)22-6-2-4-8-28(22)33-30/h1-17,31H. The van der Waals surface area contributed by atoms with Gasteiger partial charge in [-0.2, -0.15) is 0 Å². The van der Waals surface area contributed by atoms with Gasteiger partial charge in [-0.25, -0.2) is 0 Å². The number of aromatic hydroxyl groups is 1. The Morgan fingerprint density at radius 3 is 1.58 bits per heavy atom. The molecule has 5 aromatic carbocycles. The van der Waals surface area contributed by atoms with Crippen LogP contribution in [-0.4, -0.2) is 5.11 Å². The number of hydrogen-bond acceptors (Lipinski definition) is 3. The maximum atomic E-state index is 10.7. The van der Waals surface area contributed by atoms with Crippen molar-refractivity contribution in [3.63, 3.8) is 0 Å². The normalized spacial score (nSPS) is 11.8. The fourth-order valence-electron chi connectivity index (χ4n) is 4.75. The van der Waals surface area contributed by atoms with Gasteiger partial charge >= 0.3 is 0 Å². The van der Waals surface area contributed by atoms with Crippen molar-refractivity contribution in [2.24, 2.45) is 0 Å². The summed E-state index contributed by atoms with van der Waals surface area (Å²) in [4.78, 5) is 0. The largest absolute Gasteiger partial charge is 0.507 e. The first-order chi connectivity index (χ1) is 16.2. The molecule has 156 valence electrons. The molecule has 33 heavy (non-hydrogen) atoms. The summed E-state index contributed by atoms with van der Waals surface area (Å²) in [5.74, 6) is 0.251. The molecule has 1 N–H and O–H groups in total. The van der Waals surface area contributed by atoms with Crippen LogP contribution in [0.3, 0.4) is 0 Å². The van der Waals surface area contributed by atoms with Gasteiger partial charge in [0.15, 0.2) is 0 Å². The first kappa shape index (κ1) is 18.1. The molecular formula is C30H18O3. The molecule has 0 aliphatic heterocycles. The molecular weight excluding hydrogens is 408 g/mol. The molecule has 0 saturated heterocycles. The van der Waals surface area contributed by atoms with Crippen LogP contribution in [0.4, 0.5) is 0 Å². The first-order valence-corrected chi connectivity index (χ1v) is 10.9. The Balaban J connectivity index is 1.39. The number of fused-ring (bicyclic) bond motifs is 6. The van der Waals surface area contributed by atoms with Crippen LogP contribution in [0.5, 0.6) is 5.75 Å². The molecule has 0 bridgehead atoms. The lowest BCUT2D eigenvalue weighted by molar-refractivity contribution is 0.477. The summed E-state index contributed by atoms with van der Waals surface area (Å²) in [7, 11) is 0. The number of phenolic OH excluding ortho intramolecular Hbond substituents is 1. The highest BCUT2D eigenvalue weighted by Gasteiger charge is 2.13. The third-order valence-electron chi connectivity index (χ3n) is 6.39. The fourth-order valence-corrected chi connectivity index (χ4v) is 4.75. The van der Waals surface area contributed by atoms with Gasteiger partial charge in [-0.05, 0) is 65.2 Å². The highest BCUT2D eigenvalue weighted by Crippen LogP contribution is 2.38. The minimum Gasteiger partial charge on any atom is -0.507 e. The summed E-state index contributed by atoms with van der Waals surface area (Å²) in [6, 6.07) is 34.2. The third-order valence-corrected chi connectivity index (χ3v) is 6.39. The van der Waals surface area contributed by atoms with Gasteiger partial charge in [0, 0.05) is 27.1 Å². The van der Waals surface area contributed by atoms with Crippen LogP contribution in [0.15, 0.2) is 112 Å². The molecule has 0 spiro atoms. The topological polar surface area (TPSA) is 46.5 Å². The molecule has 2 aromatic heterocycles. The van der Waals surface area contributed by atoms with Crippen molar-refractivity contribution in [3.05, 3.63) is 103 Å². The average molecular weight is 426 g/mol. The van der Waals surface area contributed by atoms with Crippen molar-refractivity contribution in [2.75, 3.05) is 0 Å². The van der Waals surface area contributed by atoms with E-state index in [1.54, 1.807) is 6.07 Å². The molecule has 0 unspecified atom stereocenters. The van der Waals surface area contributed by atoms with E-state index in [2.05, 4.69) is 30.3 Å². The molecule has 0 saturated carbocycles. The highest BCUT2D eigenvalue weighted by atomic mass is 16.3. The maximum Gasteiger partial charge on any atom is 0.135 e. The summed E-state index contributed by atoms with van der Waals surface area (Å²) < 4.78 is 11.9. The minimum atomic E-state index is 0.251. The van der Waals surface area contributed by atoms with Gasteiger partial charge in [-0.3, -0.25) is 0 Å². The van der Waals surface area contributed by atoms with E-state index >= 15 is 0 Å². The van der Waals surface area contributed by atoms with E-state index in [1.165, 1.54) is 0 Å². The Morgan fingerprint density at radius 2 is 0.909 bits per heavy atom. The lowest BCUT2D eigenvalue weighted by Crippen LogP contribution is -1.83. The second-order valence-electron chi connectivity index (χ2n) is 8.35. The predicted molar refractivity (Wildman–Crippen MR) is 134 cm³/mol. The van der Waals surface area contributed by atoms with E-state index in [9.17, 15) is 5.11 Å². The Kier molecular flexibility index (Phi) is 3.70. The molecule has 0 amide bonds. The monoisotopic (exact) mass is 426 g/mol. The molecule has 0 fully saturated rings. The molecule has 0 aliphatic carbocycles. The SMILES string of the molecule is Oc1ccc(-c2ccc3oc4ccccc4c3c2)cc1-c1ccc2oc3ccccc3c2c1. The zero-order valence-electron chi connectivity index (χ0n) is 17.6. The molecule has 0 aliphatic rings. The zero-order valence-corrected chi connectivity index (χ0v) is 17.6. The fraction of sp³-hybridized carbons (Fsp3) is 0. The van der Waals surface area contributed by atoms with Gasteiger partial charge in [0.1, 0.15) is 28.1 Å². The number of benzene rings is 5. The second-order valence-corrected chi connectivity index (χ2v) is 8.35. The summed E-state index contributed by atoms with van der Waals surface area (Å²) >= 11 is 0. The van der Waals surface area contributed by atoms with Crippen molar-refractivity contribution < 1.29 is 13.9 Å². The average Bonchev–Trinajstić information content (AvgIpc) is 3.42. The third kappa shape index (κ3) is 2.76. The van der Waals surface area contributed by atoms with Gasteiger partial charge in [0.25, 0.3) is 0 Å². The highest BCUT2D eigenvalue weighted by molar-refractivity contribution is 6.07. The molecule has 7 aromatic rings. The number of phenols is 1. The van der Waals surface area contributed by atoms with Crippen molar-refractivity contribution in [2.45, 2.75) is 0 Å². The Hall–Kier alpha value is -4.50. The molecule has 7 rings (SSSR count). The van der Waals surface area contributed by atoms with E-state index < -0.39 is 0 Å². The van der Waals surface area contributed by atoms with Crippen LogP contribution in [0, 0.1) is 0 Å². The Labute approximate surface area is 189 Å². The number of hydrogen-bond donors (Lipinski definition) is 1. The van der Waals surface area contributed by atoms with Crippen molar-refractivity contribution in [3.8, 4) is 28.0 Å². The van der Waals surface area contributed by atoms with Gasteiger partial charge in [0.2, 0.25) is 0 Å². The maximum absolute atomic E-state index is 10.7.